The van der Waals surface area contributed by atoms with Crippen molar-refractivity contribution in [2.45, 2.75) is 51.8 Å². The Kier molecular flexibility index (Phi) is 7.75. The van der Waals surface area contributed by atoms with Crippen LogP contribution < -0.4 is 0 Å². The average Bonchev–Trinajstić information content (AvgIpc) is 3.28. The lowest BCUT2D eigenvalue weighted by molar-refractivity contribution is -0.00808. The van der Waals surface area contributed by atoms with Crippen molar-refractivity contribution in [2.24, 2.45) is 8.20 Å². The normalized spacial score (nSPS) is 17.1. The van der Waals surface area contributed by atoms with E-state index in [1.54, 1.807) is 6.21 Å². The number of rotatable bonds is 5. The SMILES string of the molecule is CC(C)(C)OC(=O)N(Cc1ccc(-c2cc(C3=IN=CC(Br)=N3)on2)cc1)C1CCOCC1. The molecule has 0 spiro atoms. The third kappa shape index (κ3) is 6.57. The van der Waals surface area contributed by atoms with Crippen molar-refractivity contribution >= 4 is 57.5 Å². The summed E-state index contributed by atoms with van der Waals surface area (Å²) in [6.45, 7) is 7.45. The van der Waals surface area contributed by atoms with Gasteiger partial charge in [0.1, 0.15) is 15.9 Å². The highest BCUT2D eigenvalue weighted by Crippen LogP contribution is 2.25. The Morgan fingerprint density at radius 1 is 1.24 bits per heavy atom. The van der Waals surface area contributed by atoms with Crippen LogP contribution in [0.2, 0.25) is 0 Å². The number of aliphatic imine (C=N–C) groups is 1. The predicted molar refractivity (Wildman–Crippen MR) is 141 cm³/mol. The lowest BCUT2D eigenvalue weighted by atomic mass is 10.0. The summed E-state index contributed by atoms with van der Waals surface area (Å²) in [6.07, 6.45) is 3.04. The Morgan fingerprint density at radius 3 is 2.64 bits per heavy atom. The van der Waals surface area contributed by atoms with Gasteiger partial charge >= 0.3 is 6.09 Å². The van der Waals surface area contributed by atoms with Crippen LogP contribution in [0.15, 0.2) is 43.1 Å². The molecule has 10 heteroatoms. The summed E-state index contributed by atoms with van der Waals surface area (Å²) in [5, 5.41) is 4.21. The summed E-state index contributed by atoms with van der Waals surface area (Å²) < 4.78 is 22.6. The van der Waals surface area contributed by atoms with Crippen LogP contribution >= 0.6 is 36.9 Å². The third-order valence-corrected chi connectivity index (χ3v) is 7.23. The average molecular weight is 629 g/mol. The minimum absolute atomic E-state index is 0.102. The predicted octanol–water partition coefficient (Wildman–Crippen LogP) is 5.50. The fourth-order valence-corrected chi connectivity index (χ4v) is 6.02. The maximum Gasteiger partial charge on any atom is 0.410 e. The molecule has 0 aliphatic carbocycles. The van der Waals surface area contributed by atoms with Gasteiger partial charge in [-0.1, -0.05) is 29.4 Å². The largest absolute Gasteiger partial charge is 0.444 e. The van der Waals surface area contributed by atoms with E-state index in [-0.39, 0.29) is 12.1 Å². The van der Waals surface area contributed by atoms with Crippen LogP contribution in [0.3, 0.4) is 0 Å². The molecular weight excluding hydrogens is 603 g/mol. The number of benzene rings is 1. The second-order valence-corrected chi connectivity index (χ2v) is 11.6. The number of nitrogens with zero attached hydrogens (tertiary/aromatic N) is 4. The summed E-state index contributed by atoms with van der Waals surface area (Å²) in [6, 6.07) is 10.0. The first kappa shape index (κ1) is 24.2. The van der Waals surface area contributed by atoms with Gasteiger partial charge in [0.2, 0.25) is 0 Å². The quantitative estimate of drug-likeness (QED) is 0.408. The molecule has 0 bridgehead atoms. The van der Waals surface area contributed by atoms with Crippen molar-refractivity contribution in [3.05, 3.63) is 41.7 Å². The number of aromatic nitrogens is 1. The number of carbonyl (C=O) groups is 1. The molecule has 3 heterocycles. The second-order valence-electron chi connectivity index (χ2n) is 8.76. The Morgan fingerprint density at radius 2 is 1.97 bits per heavy atom. The third-order valence-electron chi connectivity index (χ3n) is 5.06. The van der Waals surface area contributed by atoms with Gasteiger partial charge in [0.15, 0.2) is 9.39 Å². The van der Waals surface area contributed by atoms with Gasteiger partial charge in [0, 0.05) is 37.4 Å². The van der Waals surface area contributed by atoms with E-state index < -0.39 is 26.6 Å². The molecule has 1 fully saturated rings. The molecule has 0 radical (unpaired) electrons. The monoisotopic (exact) mass is 628 g/mol. The van der Waals surface area contributed by atoms with E-state index in [4.69, 9.17) is 14.0 Å². The highest BCUT2D eigenvalue weighted by Gasteiger charge is 2.29. The summed E-state index contributed by atoms with van der Waals surface area (Å²) in [4.78, 5) is 19.2. The van der Waals surface area contributed by atoms with Crippen molar-refractivity contribution in [1.29, 1.82) is 0 Å². The molecule has 0 unspecified atom stereocenters. The van der Waals surface area contributed by atoms with Crippen molar-refractivity contribution < 1.29 is 18.8 Å². The van der Waals surface area contributed by atoms with Gasteiger partial charge in [-0.15, -0.1) is 0 Å². The van der Waals surface area contributed by atoms with Crippen LogP contribution in [0, 0.1) is 0 Å². The van der Waals surface area contributed by atoms with Crippen LogP contribution in [0.4, 0.5) is 4.79 Å². The van der Waals surface area contributed by atoms with Gasteiger partial charge in [-0.25, -0.2) is 13.0 Å². The number of halogens is 2. The van der Waals surface area contributed by atoms with Gasteiger partial charge in [-0.2, -0.15) is 0 Å². The molecule has 8 nitrogen and oxygen atoms in total. The van der Waals surface area contributed by atoms with Gasteiger partial charge in [0.25, 0.3) is 0 Å². The first-order chi connectivity index (χ1) is 15.8. The molecular formula is C23H26BrIN4O4. The Labute approximate surface area is 211 Å². The molecule has 2 aliphatic rings. The number of hydrogen-bond acceptors (Lipinski definition) is 7. The van der Waals surface area contributed by atoms with Gasteiger partial charge in [0.05, 0.1) is 27.2 Å². The van der Waals surface area contributed by atoms with Gasteiger partial charge in [-0.05, 0) is 55.1 Å². The van der Waals surface area contributed by atoms with Gasteiger partial charge in [-0.3, -0.25) is 0 Å². The highest BCUT2D eigenvalue weighted by molar-refractivity contribution is 14.2. The van der Waals surface area contributed by atoms with E-state index in [0.29, 0.717) is 30.1 Å². The Hall–Kier alpha value is -1.92. The van der Waals surface area contributed by atoms with E-state index in [1.165, 1.54) is 0 Å². The summed E-state index contributed by atoms with van der Waals surface area (Å²) in [5.41, 5.74) is 2.15. The fraction of sp³-hybridized carbons (Fsp3) is 0.435. The molecule has 0 N–H and O–H groups in total. The van der Waals surface area contributed by atoms with Crippen LogP contribution in [-0.2, 0) is 16.0 Å². The maximum atomic E-state index is 12.9. The van der Waals surface area contributed by atoms with E-state index in [0.717, 1.165) is 33.3 Å². The van der Waals surface area contributed by atoms with Crippen molar-refractivity contribution in [3.63, 3.8) is 0 Å². The smallest absolute Gasteiger partial charge is 0.410 e. The molecule has 1 aromatic heterocycles. The Bertz CT molecular complexity index is 1080. The van der Waals surface area contributed by atoms with Crippen LogP contribution in [-0.4, -0.2) is 55.5 Å². The molecule has 176 valence electrons. The number of ether oxygens (including phenoxy) is 2. The Balaban J connectivity index is 1.49. The zero-order chi connectivity index (χ0) is 23.4. The van der Waals surface area contributed by atoms with Crippen molar-refractivity contribution in [2.75, 3.05) is 13.2 Å². The molecule has 33 heavy (non-hydrogen) atoms. The molecule has 2 aromatic rings. The fourth-order valence-electron chi connectivity index (χ4n) is 3.50. The molecule has 1 saturated heterocycles. The zero-order valence-electron chi connectivity index (χ0n) is 18.8. The summed E-state index contributed by atoms with van der Waals surface area (Å²) in [7, 11) is 0. The highest BCUT2D eigenvalue weighted by atomic mass is 127. The number of amides is 1. The lowest BCUT2D eigenvalue weighted by Crippen LogP contribution is -2.45. The van der Waals surface area contributed by atoms with Crippen molar-refractivity contribution in [3.8, 4) is 11.3 Å². The topological polar surface area (TPSA) is 89.5 Å². The number of hydrogen-bond donors (Lipinski definition) is 0. The second kappa shape index (κ2) is 10.6. The van der Waals surface area contributed by atoms with Gasteiger partial charge < -0.3 is 18.9 Å². The molecule has 2 aliphatic heterocycles. The van der Waals surface area contributed by atoms with Crippen LogP contribution in [0.25, 0.3) is 11.3 Å². The minimum Gasteiger partial charge on any atom is -0.444 e. The lowest BCUT2D eigenvalue weighted by Gasteiger charge is -2.35. The summed E-state index contributed by atoms with van der Waals surface area (Å²) >= 11 is 2.77. The molecule has 1 amide bonds. The molecule has 0 atom stereocenters. The van der Waals surface area contributed by atoms with E-state index >= 15 is 0 Å². The maximum absolute atomic E-state index is 12.9. The van der Waals surface area contributed by atoms with Crippen molar-refractivity contribution in [1.82, 2.24) is 10.1 Å². The zero-order valence-corrected chi connectivity index (χ0v) is 22.5. The minimum atomic E-state index is -0.577. The van der Waals surface area contributed by atoms with Crippen LogP contribution in [0.1, 0.15) is 44.9 Å². The molecule has 1 aromatic carbocycles. The number of carbonyl (C=O) groups excluding carboxylic acids is 1. The first-order valence-corrected chi connectivity index (χ1v) is 13.5. The van der Waals surface area contributed by atoms with E-state index in [9.17, 15) is 4.79 Å². The van der Waals surface area contributed by atoms with E-state index in [1.807, 2.05) is 56.0 Å². The standard InChI is InChI=1S/C23H26BrIN4O4/c1-23(2,3)32-22(30)29(17-8-10-31-11-9-17)14-15-4-6-16(7-5-15)18-12-19(33-28-18)21-25-26-13-20(24)27-21/h4-7,12-13,17H,8-11,14H2,1-3H3. The first-order valence-electron chi connectivity index (χ1n) is 10.7. The molecule has 4 rings (SSSR count). The molecule has 0 saturated carbocycles. The van der Waals surface area contributed by atoms with Crippen LogP contribution in [0.5, 0.6) is 0 Å². The summed E-state index contributed by atoms with van der Waals surface area (Å²) in [5.74, 6) is 0.645. The van der Waals surface area contributed by atoms with E-state index in [2.05, 4.69) is 29.3 Å².